The van der Waals surface area contributed by atoms with Gasteiger partial charge in [-0.25, -0.2) is 4.68 Å². The highest BCUT2D eigenvalue weighted by atomic mass is 35.5. The molecule has 0 bridgehead atoms. The fraction of sp³-hybridized carbons (Fsp3) is 0.462. The van der Waals surface area contributed by atoms with Gasteiger partial charge in [0, 0.05) is 12.0 Å². The summed E-state index contributed by atoms with van der Waals surface area (Å²) in [7, 11) is 1.57. The summed E-state index contributed by atoms with van der Waals surface area (Å²) in [5, 5.41) is 5.79. The molecule has 1 aliphatic heterocycles. The maximum absolute atomic E-state index is 6.21. The number of hydrogen-bond donors (Lipinski definition) is 1. The van der Waals surface area contributed by atoms with E-state index in [9.17, 15) is 0 Å². The molecule has 0 radical (unpaired) electrons. The first-order valence-electron chi connectivity index (χ1n) is 6.38. The van der Waals surface area contributed by atoms with Crippen LogP contribution in [-0.4, -0.2) is 23.5 Å². The zero-order valence-electron chi connectivity index (χ0n) is 10.7. The number of fused-ring (bicyclic) bond motifs is 1. The molecule has 19 heavy (non-hydrogen) atoms. The van der Waals surface area contributed by atoms with Gasteiger partial charge in [-0.05, 0) is 37.5 Å². The quantitative estimate of drug-likeness (QED) is 0.877. The van der Waals surface area contributed by atoms with E-state index >= 15 is 0 Å². The van der Waals surface area contributed by atoms with Gasteiger partial charge in [0.2, 0.25) is 0 Å². The molecule has 0 aliphatic carbocycles. The lowest BCUT2D eigenvalue weighted by molar-refractivity contribution is -0.0366. The van der Waals surface area contributed by atoms with Gasteiger partial charge in [0.15, 0.2) is 11.4 Å². The van der Waals surface area contributed by atoms with Crippen LogP contribution in [0.5, 0.6) is 0 Å². The molecule has 1 unspecified atom stereocenters. The maximum atomic E-state index is 6.21. The second kappa shape index (κ2) is 5.36. The molecule has 1 N–H and O–H groups in total. The fourth-order valence-electron chi connectivity index (χ4n) is 2.42. The molecule has 0 saturated carbocycles. The monoisotopic (exact) mass is 281 g/mol. The van der Waals surface area contributed by atoms with Crippen LogP contribution in [0.3, 0.4) is 0 Å². The number of nitrogens with zero attached hydrogens (tertiary/aromatic N) is 2. The third-order valence-electron chi connectivity index (χ3n) is 3.31. The Morgan fingerprint density at radius 3 is 3.11 bits per heavy atom. The highest BCUT2D eigenvalue weighted by Gasteiger charge is 2.20. The van der Waals surface area contributed by atoms with Crippen LogP contribution in [-0.2, 0) is 9.57 Å². The number of nitrogens with one attached hydrogen (secondary N) is 1. The summed E-state index contributed by atoms with van der Waals surface area (Å²) >= 11 is 6.21. The molecule has 2 heterocycles. The first-order chi connectivity index (χ1) is 9.29. The minimum absolute atomic E-state index is 0.00927. The summed E-state index contributed by atoms with van der Waals surface area (Å²) < 4.78 is 7.65. The average molecular weight is 282 g/mol. The number of rotatable bonds is 3. The molecule has 5 nitrogen and oxygen atoms in total. The van der Waals surface area contributed by atoms with E-state index in [1.54, 1.807) is 7.11 Å². The Hall–Kier alpha value is -1.30. The number of benzene rings is 1. The summed E-state index contributed by atoms with van der Waals surface area (Å²) in [6, 6.07) is 5.84. The Morgan fingerprint density at radius 1 is 1.47 bits per heavy atom. The van der Waals surface area contributed by atoms with Crippen molar-refractivity contribution in [2.45, 2.75) is 25.5 Å². The van der Waals surface area contributed by atoms with Crippen molar-refractivity contribution in [2.75, 3.05) is 19.2 Å². The topological polar surface area (TPSA) is 48.3 Å². The lowest BCUT2D eigenvalue weighted by atomic mass is 10.2. The standard InChI is InChI=1S/C13H16ClN3O2/c1-18-16-9-5-6-11-10(8-9)13(14)15-17(11)12-4-2-3-7-19-12/h5-6,8,12,16H,2-4,7H2,1H3. The number of anilines is 1. The van der Waals surface area contributed by atoms with Gasteiger partial charge in [0.1, 0.15) is 0 Å². The first-order valence-corrected chi connectivity index (χ1v) is 6.76. The molecule has 1 aromatic heterocycles. The van der Waals surface area contributed by atoms with Crippen LogP contribution in [0.4, 0.5) is 5.69 Å². The van der Waals surface area contributed by atoms with Crippen molar-refractivity contribution in [3.8, 4) is 0 Å². The second-order valence-electron chi connectivity index (χ2n) is 4.59. The van der Waals surface area contributed by atoms with Gasteiger partial charge in [-0.3, -0.25) is 10.3 Å². The van der Waals surface area contributed by atoms with Crippen molar-refractivity contribution < 1.29 is 9.57 Å². The predicted molar refractivity (Wildman–Crippen MR) is 74.2 cm³/mol. The molecule has 3 rings (SSSR count). The van der Waals surface area contributed by atoms with Gasteiger partial charge in [0.25, 0.3) is 0 Å². The van der Waals surface area contributed by atoms with Crippen LogP contribution < -0.4 is 5.48 Å². The van der Waals surface area contributed by atoms with Gasteiger partial charge >= 0.3 is 0 Å². The molecule has 1 fully saturated rings. The van der Waals surface area contributed by atoms with E-state index in [1.165, 1.54) is 0 Å². The molecule has 1 aliphatic rings. The molecule has 2 aromatic rings. The summed E-state index contributed by atoms with van der Waals surface area (Å²) in [6.07, 6.45) is 3.24. The van der Waals surface area contributed by atoms with Gasteiger partial charge in [-0.1, -0.05) is 11.6 Å². The molecule has 6 heteroatoms. The minimum Gasteiger partial charge on any atom is -0.356 e. The summed E-state index contributed by atoms with van der Waals surface area (Å²) in [6.45, 7) is 0.785. The van der Waals surface area contributed by atoms with Crippen molar-refractivity contribution in [1.29, 1.82) is 0 Å². The Labute approximate surface area is 116 Å². The molecular formula is C13H16ClN3O2. The summed E-state index contributed by atoms with van der Waals surface area (Å²) in [5.74, 6) is 0. The smallest absolute Gasteiger partial charge is 0.159 e. The molecule has 1 saturated heterocycles. The highest BCUT2D eigenvalue weighted by Crippen LogP contribution is 2.31. The van der Waals surface area contributed by atoms with E-state index in [2.05, 4.69) is 10.6 Å². The first kappa shape index (κ1) is 12.7. The van der Waals surface area contributed by atoms with Gasteiger partial charge in [0.05, 0.1) is 18.3 Å². The molecule has 1 atom stereocenters. The molecule has 0 spiro atoms. The van der Waals surface area contributed by atoms with Gasteiger partial charge < -0.3 is 4.74 Å². The van der Waals surface area contributed by atoms with Crippen LogP contribution in [0.1, 0.15) is 25.5 Å². The second-order valence-corrected chi connectivity index (χ2v) is 4.95. The van der Waals surface area contributed by atoms with Crippen LogP contribution in [0, 0.1) is 0 Å². The fourth-order valence-corrected chi connectivity index (χ4v) is 2.65. The Kier molecular flexibility index (Phi) is 3.59. The van der Waals surface area contributed by atoms with Crippen LogP contribution in [0.2, 0.25) is 5.15 Å². The van der Waals surface area contributed by atoms with Gasteiger partial charge in [-0.15, -0.1) is 0 Å². The zero-order chi connectivity index (χ0) is 13.2. The van der Waals surface area contributed by atoms with Crippen molar-refractivity contribution in [3.63, 3.8) is 0 Å². The number of ether oxygens (including phenoxy) is 1. The highest BCUT2D eigenvalue weighted by molar-refractivity contribution is 6.34. The largest absolute Gasteiger partial charge is 0.356 e. The maximum Gasteiger partial charge on any atom is 0.159 e. The third-order valence-corrected chi connectivity index (χ3v) is 3.59. The molecule has 0 amide bonds. The van der Waals surface area contributed by atoms with Crippen molar-refractivity contribution >= 4 is 28.2 Å². The number of hydrogen-bond acceptors (Lipinski definition) is 4. The number of halogens is 1. The van der Waals surface area contributed by atoms with Crippen LogP contribution in [0.25, 0.3) is 10.9 Å². The van der Waals surface area contributed by atoms with E-state index in [-0.39, 0.29) is 6.23 Å². The average Bonchev–Trinajstić information content (AvgIpc) is 2.78. The summed E-state index contributed by atoms with van der Waals surface area (Å²) in [5.41, 5.74) is 4.62. The minimum atomic E-state index is -0.00927. The van der Waals surface area contributed by atoms with E-state index in [0.717, 1.165) is 42.5 Å². The van der Waals surface area contributed by atoms with E-state index in [0.29, 0.717) is 5.15 Å². The van der Waals surface area contributed by atoms with Crippen molar-refractivity contribution in [2.24, 2.45) is 0 Å². The molecule has 1 aromatic carbocycles. The number of aromatic nitrogens is 2. The Morgan fingerprint density at radius 2 is 2.37 bits per heavy atom. The van der Waals surface area contributed by atoms with Crippen molar-refractivity contribution in [3.05, 3.63) is 23.4 Å². The normalized spacial score (nSPS) is 19.8. The lowest BCUT2D eigenvalue weighted by Crippen LogP contribution is -2.19. The van der Waals surface area contributed by atoms with Crippen LogP contribution in [0.15, 0.2) is 18.2 Å². The van der Waals surface area contributed by atoms with E-state index < -0.39 is 0 Å². The zero-order valence-corrected chi connectivity index (χ0v) is 11.5. The lowest BCUT2D eigenvalue weighted by Gasteiger charge is -2.23. The van der Waals surface area contributed by atoms with Gasteiger partial charge in [-0.2, -0.15) is 5.10 Å². The SMILES string of the molecule is CONc1ccc2c(c1)c(Cl)nn2C1CCCCO1. The van der Waals surface area contributed by atoms with Crippen molar-refractivity contribution in [1.82, 2.24) is 9.78 Å². The molecular weight excluding hydrogens is 266 g/mol. The van der Waals surface area contributed by atoms with Crippen LogP contribution >= 0.6 is 11.6 Å². The van der Waals surface area contributed by atoms with E-state index in [1.807, 2.05) is 22.9 Å². The van der Waals surface area contributed by atoms with E-state index in [4.69, 9.17) is 21.2 Å². The molecule has 102 valence electrons. The Bertz CT molecular complexity index is 579. The predicted octanol–water partition coefficient (Wildman–Crippen LogP) is 3.36. The third kappa shape index (κ3) is 2.41. The summed E-state index contributed by atoms with van der Waals surface area (Å²) in [4.78, 5) is 4.89. The Balaban J connectivity index is 2.01.